The number of ether oxygens (including phenoxy) is 1. The predicted octanol–water partition coefficient (Wildman–Crippen LogP) is 2.45. The molecule has 0 radical (unpaired) electrons. The van der Waals surface area contributed by atoms with Gasteiger partial charge in [-0.15, -0.1) is 0 Å². The summed E-state index contributed by atoms with van der Waals surface area (Å²) in [5.74, 6) is 1.20. The fraction of sp³-hybridized carbons (Fsp3) is 0.391. The van der Waals surface area contributed by atoms with Gasteiger partial charge in [0.2, 0.25) is 0 Å². The molecule has 1 aromatic heterocycles. The van der Waals surface area contributed by atoms with Crippen LogP contribution in [0.25, 0.3) is 0 Å². The number of hydrogen-bond acceptors (Lipinski definition) is 5. The number of pyridine rings is 1. The molecule has 28 heavy (non-hydrogen) atoms. The number of hydrogen-bond donors (Lipinski definition) is 1. The molecule has 0 atom stereocenters. The van der Waals surface area contributed by atoms with Crippen molar-refractivity contribution in [1.82, 2.24) is 15.2 Å². The molecule has 5 nitrogen and oxygen atoms in total. The standard InChI is InChI=1S/C23H23N3O2/c27-20-12-21(25-22(20)13-16-4-1-2-5-17(16)14-22)26-10-7-23(8-11-26)18-6-3-9-24-19(18)15-28-23/h1-6,9,12,25H,7-8,10-11,13-15H2. The highest BCUT2D eigenvalue weighted by Crippen LogP contribution is 2.44. The van der Waals surface area contributed by atoms with Gasteiger partial charge in [0.15, 0.2) is 5.78 Å². The number of nitrogens with one attached hydrogen (secondary N) is 1. The molecule has 2 aromatic rings. The molecule has 0 amide bonds. The largest absolute Gasteiger partial charge is 0.364 e. The molecule has 4 heterocycles. The van der Waals surface area contributed by atoms with E-state index in [0.717, 1.165) is 50.3 Å². The summed E-state index contributed by atoms with van der Waals surface area (Å²) >= 11 is 0. The Kier molecular flexibility index (Phi) is 3.30. The van der Waals surface area contributed by atoms with E-state index >= 15 is 0 Å². The number of fused-ring (bicyclic) bond motifs is 3. The smallest absolute Gasteiger partial charge is 0.185 e. The Balaban J connectivity index is 1.19. The number of rotatable bonds is 1. The number of carbonyl (C=O) groups excluding carboxylic acids is 1. The van der Waals surface area contributed by atoms with Crippen LogP contribution >= 0.6 is 0 Å². The van der Waals surface area contributed by atoms with Crippen molar-refractivity contribution in [2.75, 3.05) is 13.1 Å². The summed E-state index contributed by atoms with van der Waals surface area (Å²) in [5.41, 5.74) is 4.23. The third-order valence-electron chi connectivity index (χ3n) is 6.99. The maximum absolute atomic E-state index is 12.9. The topological polar surface area (TPSA) is 54.5 Å². The average Bonchev–Trinajstić information content (AvgIpc) is 3.37. The average molecular weight is 373 g/mol. The Labute approximate surface area is 164 Å². The van der Waals surface area contributed by atoms with Crippen molar-refractivity contribution in [3.63, 3.8) is 0 Å². The summed E-state index contributed by atoms with van der Waals surface area (Å²) in [5, 5.41) is 3.62. The molecular weight excluding hydrogens is 350 g/mol. The van der Waals surface area contributed by atoms with Gasteiger partial charge in [0.25, 0.3) is 0 Å². The molecular formula is C23H23N3O2. The zero-order valence-electron chi connectivity index (χ0n) is 15.8. The molecule has 0 bridgehead atoms. The van der Waals surface area contributed by atoms with E-state index in [1.807, 2.05) is 18.3 Å². The molecule has 1 aliphatic carbocycles. The van der Waals surface area contributed by atoms with E-state index in [0.29, 0.717) is 6.61 Å². The summed E-state index contributed by atoms with van der Waals surface area (Å²) in [6.07, 6.45) is 7.07. The van der Waals surface area contributed by atoms with E-state index in [-0.39, 0.29) is 11.4 Å². The van der Waals surface area contributed by atoms with Gasteiger partial charge in [-0.05, 0) is 30.0 Å². The zero-order valence-corrected chi connectivity index (χ0v) is 15.8. The summed E-state index contributed by atoms with van der Waals surface area (Å²) < 4.78 is 6.22. The quantitative estimate of drug-likeness (QED) is 0.832. The molecule has 1 fully saturated rings. The molecule has 0 unspecified atom stereocenters. The van der Waals surface area contributed by atoms with Gasteiger partial charge in [-0.25, -0.2) is 0 Å². The number of aromatic nitrogens is 1. The van der Waals surface area contributed by atoms with Crippen LogP contribution in [0.3, 0.4) is 0 Å². The Morgan fingerprint density at radius 3 is 2.54 bits per heavy atom. The summed E-state index contributed by atoms with van der Waals surface area (Å²) in [6, 6.07) is 12.6. The third-order valence-corrected chi connectivity index (χ3v) is 6.99. The van der Waals surface area contributed by atoms with Crippen LogP contribution in [-0.4, -0.2) is 34.3 Å². The second-order valence-corrected chi connectivity index (χ2v) is 8.49. The lowest BCUT2D eigenvalue weighted by molar-refractivity contribution is -0.119. The highest BCUT2D eigenvalue weighted by Gasteiger charge is 2.49. The van der Waals surface area contributed by atoms with Gasteiger partial charge >= 0.3 is 0 Å². The molecule has 4 aliphatic rings. The summed E-state index contributed by atoms with van der Waals surface area (Å²) in [6.45, 7) is 2.37. The monoisotopic (exact) mass is 373 g/mol. The van der Waals surface area contributed by atoms with Crippen LogP contribution in [0, 0.1) is 0 Å². The lowest BCUT2D eigenvalue weighted by Crippen LogP contribution is -2.51. The normalized spacial score (nSPS) is 23.6. The molecule has 2 spiro atoms. The first-order valence-electron chi connectivity index (χ1n) is 10.1. The number of carbonyl (C=O) groups is 1. The van der Waals surface area contributed by atoms with Crippen molar-refractivity contribution >= 4 is 5.78 Å². The molecule has 6 rings (SSSR count). The molecule has 1 saturated heterocycles. The van der Waals surface area contributed by atoms with E-state index in [4.69, 9.17) is 4.74 Å². The van der Waals surface area contributed by atoms with Crippen LogP contribution in [0.2, 0.25) is 0 Å². The van der Waals surface area contributed by atoms with Crippen molar-refractivity contribution in [2.45, 2.75) is 43.4 Å². The third kappa shape index (κ3) is 2.23. The maximum Gasteiger partial charge on any atom is 0.185 e. The number of piperidine rings is 1. The van der Waals surface area contributed by atoms with Gasteiger partial charge in [0.1, 0.15) is 11.4 Å². The van der Waals surface area contributed by atoms with Crippen LogP contribution < -0.4 is 5.32 Å². The first-order chi connectivity index (χ1) is 13.7. The van der Waals surface area contributed by atoms with Crippen molar-refractivity contribution in [1.29, 1.82) is 0 Å². The first-order valence-corrected chi connectivity index (χ1v) is 10.1. The molecule has 1 aromatic carbocycles. The maximum atomic E-state index is 12.9. The van der Waals surface area contributed by atoms with Gasteiger partial charge in [-0.2, -0.15) is 0 Å². The van der Waals surface area contributed by atoms with E-state index < -0.39 is 5.54 Å². The zero-order chi connectivity index (χ0) is 18.8. The van der Waals surface area contributed by atoms with E-state index in [1.54, 1.807) is 0 Å². The van der Waals surface area contributed by atoms with Crippen LogP contribution in [0.1, 0.15) is 35.2 Å². The van der Waals surface area contributed by atoms with Gasteiger partial charge < -0.3 is 15.0 Å². The summed E-state index contributed by atoms with van der Waals surface area (Å²) in [4.78, 5) is 19.7. The Morgan fingerprint density at radius 2 is 1.79 bits per heavy atom. The number of benzene rings is 1. The van der Waals surface area contributed by atoms with E-state index in [9.17, 15) is 4.79 Å². The van der Waals surface area contributed by atoms with Gasteiger partial charge in [0.05, 0.1) is 17.9 Å². The molecule has 5 heteroatoms. The predicted molar refractivity (Wildman–Crippen MR) is 104 cm³/mol. The minimum absolute atomic E-state index is 0.204. The molecule has 142 valence electrons. The molecule has 1 N–H and O–H groups in total. The lowest BCUT2D eigenvalue weighted by atomic mass is 9.85. The Hall–Kier alpha value is -2.66. The summed E-state index contributed by atoms with van der Waals surface area (Å²) in [7, 11) is 0. The van der Waals surface area contributed by atoms with Crippen LogP contribution in [0.4, 0.5) is 0 Å². The Bertz CT molecular complexity index is 979. The second kappa shape index (κ2) is 5.67. The number of likely N-dealkylation sites (tertiary alicyclic amines) is 1. The minimum atomic E-state index is -0.478. The SMILES string of the molecule is O=C1C=C(N2CCC3(CC2)OCc2ncccc23)NC12Cc1ccccc1C2. The van der Waals surface area contributed by atoms with Crippen molar-refractivity contribution in [3.05, 3.63) is 76.9 Å². The second-order valence-electron chi connectivity index (χ2n) is 8.49. The van der Waals surface area contributed by atoms with Crippen molar-refractivity contribution in [3.8, 4) is 0 Å². The van der Waals surface area contributed by atoms with Crippen LogP contribution in [0.15, 0.2) is 54.5 Å². The first kappa shape index (κ1) is 16.3. The number of ketones is 1. The van der Waals surface area contributed by atoms with E-state index in [1.165, 1.54) is 16.7 Å². The highest BCUT2D eigenvalue weighted by atomic mass is 16.5. The van der Waals surface area contributed by atoms with Crippen LogP contribution in [-0.2, 0) is 34.6 Å². The molecule has 3 aliphatic heterocycles. The van der Waals surface area contributed by atoms with Gasteiger partial charge in [-0.3, -0.25) is 9.78 Å². The Morgan fingerprint density at radius 1 is 1.04 bits per heavy atom. The van der Waals surface area contributed by atoms with Crippen LogP contribution in [0.5, 0.6) is 0 Å². The van der Waals surface area contributed by atoms with Crippen molar-refractivity contribution in [2.24, 2.45) is 0 Å². The van der Waals surface area contributed by atoms with E-state index in [2.05, 4.69) is 45.5 Å². The highest BCUT2D eigenvalue weighted by molar-refractivity contribution is 6.02. The molecule has 0 saturated carbocycles. The fourth-order valence-electron chi connectivity index (χ4n) is 5.43. The van der Waals surface area contributed by atoms with Gasteiger partial charge in [0, 0.05) is 43.8 Å². The van der Waals surface area contributed by atoms with Gasteiger partial charge in [-0.1, -0.05) is 30.3 Å². The number of nitrogens with zero attached hydrogens (tertiary/aromatic N) is 2. The minimum Gasteiger partial charge on any atom is -0.364 e. The lowest BCUT2D eigenvalue weighted by Gasteiger charge is -2.41. The fourth-order valence-corrected chi connectivity index (χ4v) is 5.43. The van der Waals surface area contributed by atoms with Crippen molar-refractivity contribution < 1.29 is 9.53 Å².